The number of hydrogen-bond acceptors (Lipinski definition) is 3. The van der Waals surface area contributed by atoms with Gasteiger partial charge in [0, 0.05) is 0 Å². The second-order valence-electron chi connectivity index (χ2n) is 3.36. The first-order valence-electron chi connectivity index (χ1n) is 4.28. The summed E-state index contributed by atoms with van der Waals surface area (Å²) in [5, 5.41) is 25.9. The summed E-state index contributed by atoms with van der Waals surface area (Å²) in [6, 6.07) is 0. The van der Waals surface area contributed by atoms with Crippen LogP contribution in [0.5, 0.6) is 0 Å². The molecule has 0 amide bonds. The van der Waals surface area contributed by atoms with Gasteiger partial charge in [-0.15, -0.1) is 0 Å². The highest BCUT2D eigenvalue weighted by Gasteiger charge is 2.32. The van der Waals surface area contributed by atoms with Gasteiger partial charge in [0.1, 0.15) is 0 Å². The third kappa shape index (κ3) is 3.97. The molecule has 3 atom stereocenters. The Hall–Kier alpha value is -1.59. The maximum Gasteiger partial charge on any atom is 0.307 e. The Kier molecular flexibility index (Phi) is 4.77. The lowest BCUT2D eigenvalue weighted by Gasteiger charge is -2.18. The van der Waals surface area contributed by atoms with Gasteiger partial charge < -0.3 is 15.3 Å². The van der Waals surface area contributed by atoms with Crippen molar-refractivity contribution in [1.29, 1.82) is 0 Å². The minimum atomic E-state index is -1.35. The molecule has 0 aliphatic carbocycles. The molecule has 0 aromatic carbocycles. The fourth-order valence-electron chi connectivity index (χ4n) is 1.09. The molecule has 3 unspecified atom stereocenters. The lowest BCUT2D eigenvalue weighted by molar-refractivity contribution is -0.154. The van der Waals surface area contributed by atoms with E-state index < -0.39 is 35.7 Å². The van der Waals surface area contributed by atoms with Crippen molar-refractivity contribution in [2.45, 2.75) is 13.3 Å². The number of aliphatic carboxylic acids is 3. The van der Waals surface area contributed by atoms with E-state index in [0.717, 1.165) is 0 Å². The Bertz CT molecular complexity index is 272. The van der Waals surface area contributed by atoms with E-state index in [2.05, 4.69) is 6.92 Å². The third-order valence-corrected chi connectivity index (χ3v) is 2.15. The van der Waals surface area contributed by atoms with Crippen LogP contribution in [0.2, 0.25) is 0 Å². The standard InChI is InChI=1S/C9H13O6/c1-4(7(10)11)3-6(9(14)15)5(2)8(12)13/h4-6H,2-3H2,1H3,(H,10,11)(H,12,13)(H,14,15). The molecule has 0 saturated carbocycles. The van der Waals surface area contributed by atoms with E-state index in [1.54, 1.807) is 0 Å². The quantitative estimate of drug-likeness (QED) is 0.591. The van der Waals surface area contributed by atoms with E-state index in [0.29, 0.717) is 0 Å². The molecule has 0 aliphatic heterocycles. The van der Waals surface area contributed by atoms with Gasteiger partial charge in [-0.3, -0.25) is 14.4 Å². The van der Waals surface area contributed by atoms with Crippen molar-refractivity contribution in [2.24, 2.45) is 17.8 Å². The molecule has 3 N–H and O–H groups in total. The van der Waals surface area contributed by atoms with Crippen molar-refractivity contribution in [1.82, 2.24) is 0 Å². The SMILES string of the molecule is [CH2]C(C(=O)O)C(CC(C)C(=O)O)C(=O)O. The van der Waals surface area contributed by atoms with Gasteiger partial charge in [0.15, 0.2) is 0 Å². The summed E-state index contributed by atoms with van der Waals surface area (Å²) in [7, 11) is 0. The van der Waals surface area contributed by atoms with Crippen molar-refractivity contribution in [3.05, 3.63) is 6.92 Å². The average Bonchev–Trinajstić information content (AvgIpc) is 2.11. The molecule has 85 valence electrons. The van der Waals surface area contributed by atoms with E-state index in [4.69, 9.17) is 15.3 Å². The topological polar surface area (TPSA) is 112 Å². The highest BCUT2D eigenvalue weighted by atomic mass is 16.4. The minimum absolute atomic E-state index is 0.245. The number of hydrogen-bond donors (Lipinski definition) is 3. The molecule has 0 rings (SSSR count). The second kappa shape index (κ2) is 5.33. The van der Waals surface area contributed by atoms with E-state index >= 15 is 0 Å². The molecule has 0 saturated heterocycles. The summed E-state index contributed by atoms with van der Waals surface area (Å²) in [5.41, 5.74) is 0. The first-order valence-corrected chi connectivity index (χ1v) is 4.28. The second-order valence-corrected chi connectivity index (χ2v) is 3.36. The van der Waals surface area contributed by atoms with Gasteiger partial charge in [-0.05, 0) is 13.3 Å². The molecule has 6 heteroatoms. The van der Waals surface area contributed by atoms with Gasteiger partial charge in [0.25, 0.3) is 0 Å². The Morgan fingerprint density at radius 2 is 1.53 bits per heavy atom. The van der Waals surface area contributed by atoms with Crippen LogP contribution in [0.25, 0.3) is 0 Å². The minimum Gasteiger partial charge on any atom is -0.481 e. The lowest BCUT2D eigenvalue weighted by atomic mass is 9.86. The summed E-state index contributed by atoms with van der Waals surface area (Å²) < 4.78 is 0. The van der Waals surface area contributed by atoms with Crippen LogP contribution < -0.4 is 0 Å². The molecule has 1 radical (unpaired) electrons. The normalized spacial score (nSPS) is 16.4. The first-order chi connectivity index (χ1) is 6.77. The maximum absolute atomic E-state index is 10.7. The van der Waals surface area contributed by atoms with Crippen LogP contribution in [0.4, 0.5) is 0 Å². The predicted octanol–water partition coefficient (Wildman–Crippen LogP) is 0.333. The number of carboxylic acids is 3. The van der Waals surface area contributed by atoms with Crippen LogP contribution in [-0.2, 0) is 14.4 Å². The van der Waals surface area contributed by atoms with Crippen LogP contribution >= 0.6 is 0 Å². The number of carbonyl (C=O) groups is 3. The fourth-order valence-corrected chi connectivity index (χ4v) is 1.09. The van der Waals surface area contributed by atoms with E-state index in [1.807, 2.05) is 0 Å². The van der Waals surface area contributed by atoms with Gasteiger partial charge in [-0.2, -0.15) is 0 Å². The van der Waals surface area contributed by atoms with Crippen molar-refractivity contribution < 1.29 is 29.7 Å². The summed E-state index contributed by atoms with van der Waals surface area (Å²) in [6.45, 7) is 4.52. The molecule has 6 nitrogen and oxygen atoms in total. The molecular formula is C9H13O6. The molecule has 0 heterocycles. The van der Waals surface area contributed by atoms with Crippen LogP contribution in [-0.4, -0.2) is 33.2 Å². The average molecular weight is 217 g/mol. The van der Waals surface area contributed by atoms with Crippen molar-refractivity contribution in [2.75, 3.05) is 0 Å². The Morgan fingerprint density at radius 1 is 1.07 bits per heavy atom. The lowest BCUT2D eigenvalue weighted by Crippen LogP contribution is -2.30. The highest BCUT2D eigenvalue weighted by molar-refractivity contribution is 5.81. The number of rotatable bonds is 6. The van der Waals surface area contributed by atoms with Crippen molar-refractivity contribution in [3.63, 3.8) is 0 Å². The fraction of sp³-hybridized carbons (Fsp3) is 0.556. The van der Waals surface area contributed by atoms with Crippen LogP contribution in [0.1, 0.15) is 13.3 Å². The summed E-state index contributed by atoms with van der Waals surface area (Å²) in [6.07, 6.45) is -0.245. The molecule has 0 fully saturated rings. The van der Waals surface area contributed by atoms with Crippen molar-refractivity contribution in [3.8, 4) is 0 Å². The zero-order valence-corrected chi connectivity index (χ0v) is 8.21. The van der Waals surface area contributed by atoms with Gasteiger partial charge in [-0.25, -0.2) is 0 Å². The largest absolute Gasteiger partial charge is 0.481 e. The predicted molar refractivity (Wildman–Crippen MR) is 49.0 cm³/mol. The Balaban J connectivity index is 4.62. The zero-order valence-electron chi connectivity index (χ0n) is 8.21. The zero-order chi connectivity index (χ0) is 12.2. The summed E-state index contributed by atoms with van der Waals surface area (Å²) in [4.78, 5) is 31.7. The van der Waals surface area contributed by atoms with E-state index in [-0.39, 0.29) is 6.42 Å². The van der Waals surface area contributed by atoms with Gasteiger partial charge >= 0.3 is 17.9 Å². The Morgan fingerprint density at radius 3 is 1.80 bits per heavy atom. The summed E-state index contributed by atoms with van der Waals surface area (Å²) in [5.74, 6) is -7.38. The number of carboxylic acid groups (broad SMARTS) is 3. The van der Waals surface area contributed by atoms with Crippen LogP contribution in [0.15, 0.2) is 0 Å². The third-order valence-electron chi connectivity index (χ3n) is 2.15. The van der Waals surface area contributed by atoms with E-state index in [9.17, 15) is 14.4 Å². The van der Waals surface area contributed by atoms with Gasteiger partial charge in [0.2, 0.25) is 0 Å². The van der Waals surface area contributed by atoms with E-state index in [1.165, 1.54) is 6.92 Å². The molecule has 0 aliphatic rings. The molecule has 0 aromatic rings. The monoisotopic (exact) mass is 217 g/mol. The van der Waals surface area contributed by atoms with Gasteiger partial charge in [0.05, 0.1) is 17.8 Å². The smallest absolute Gasteiger partial charge is 0.307 e. The highest BCUT2D eigenvalue weighted by Crippen LogP contribution is 2.21. The first kappa shape index (κ1) is 13.4. The van der Waals surface area contributed by atoms with Crippen molar-refractivity contribution >= 4 is 17.9 Å². The molecule has 15 heavy (non-hydrogen) atoms. The Labute approximate surface area is 86.5 Å². The maximum atomic E-state index is 10.7. The summed E-state index contributed by atoms with van der Waals surface area (Å²) >= 11 is 0. The van der Waals surface area contributed by atoms with Gasteiger partial charge in [-0.1, -0.05) is 6.92 Å². The molecule has 0 bridgehead atoms. The van der Waals surface area contributed by atoms with Crippen LogP contribution in [0, 0.1) is 24.7 Å². The molecule has 0 spiro atoms. The molecule has 0 aromatic heterocycles. The molecular weight excluding hydrogens is 204 g/mol. The van der Waals surface area contributed by atoms with Crippen LogP contribution in [0.3, 0.4) is 0 Å².